The van der Waals surface area contributed by atoms with Crippen molar-refractivity contribution in [1.29, 1.82) is 0 Å². The summed E-state index contributed by atoms with van der Waals surface area (Å²) in [6, 6.07) is 8.76. The molecule has 1 heterocycles. The SMILES string of the molecule is COC[C@@H](N)C(=O)N[C@@H](CCOc1ccccc1)B1OC(C)(C)C(C)(C)O1.Cl. The Labute approximate surface area is 174 Å². The smallest absolute Gasteiger partial charge is 0.481 e. The molecule has 1 fully saturated rings. The molecule has 1 aliphatic heterocycles. The van der Waals surface area contributed by atoms with E-state index < -0.39 is 30.3 Å². The van der Waals surface area contributed by atoms with Crippen LogP contribution in [0.2, 0.25) is 0 Å². The van der Waals surface area contributed by atoms with Gasteiger partial charge in [0.05, 0.1) is 30.4 Å². The van der Waals surface area contributed by atoms with Crippen LogP contribution in [0.4, 0.5) is 0 Å². The van der Waals surface area contributed by atoms with Gasteiger partial charge in [-0.1, -0.05) is 18.2 Å². The van der Waals surface area contributed by atoms with Gasteiger partial charge >= 0.3 is 7.12 Å². The summed E-state index contributed by atoms with van der Waals surface area (Å²) in [6.45, 7) is 8.44. The van der Waals surface area contributed by atoms with Gasteiger partial charge in [0.2, 0.25) is 5.91 Å². The lowest BCUT2D eigenvalue weighted by atomic mass is 9.76. The van der Waals surface area contributed by atoms with Gasteiger partial charge in [-0.15, -0.1) is 12.4 Å². The van der Waals surface area contributed by atoms with Gasteiger partial charge < -0.3 is 29.8 Å². The fourth-order valence-corrected chi connectivity index (χ4v) is 2.69. The van der Waals surface area contributed by atoms with Gasteiger partial charge in [0.1, 0.15) is 11.8 Å². The second kappa shape index (κ2) is 10.5. The van der Waals surface area contributed by atoms with Gasteiger partial charge in [-0.25, -0.2) is 0 Å². The molecule has 3 N–H and O–H groups in total. The highest BCUT2D eigenvalue weighted by molar-refractivity contribution is 6.48. The quantitative estimate of drug-likeness (QED) is 0.600. The first-order valence-corrected chi connectivity index (χ1v) is 9.24. The molecular weight excluding hydrogens is 382 g/mol. The third-order valence-electron chi connectivity index (χ3n) is 5.05. The molecule has 9 heteroatoms. The molecule has 2 rings (SSSR count). The summed E-state index contributed by atoms with van der Waals surface area (Å²) in [7, 11) is 0.917. The van der Waals surface area contributed by atoms with E-state index in [-0.39, 0.29) is 24.9 Å². The predicted octanol–water partition coefficient (Wildman–Crippen LogP) is 1.97. The first kappa shape index (κ1) is 24.7. The number of carbonyl (C=O) groups excluding carboxylic acids is 1. The van der Waals surface area contributed by atoms with E-state index in [9.17, 15) is 4.79 Å². The van der Waals surface area contributed by atoms with Crippen LogP contribution in [0.1, 0.15) is 34.1 Å². The highest BCUT2D eigenvalue weighted by Gasteiger charge is 2.54. The first-order chi connectivity index (χ1) is 12.7. The molecule has 0 spiro atoms. The molecule has 1 aromatic rings. The van der Waals surface area contributed by atoms with Crippen LogP contribution >= 0.6 is 12.4 Å². The molecule has 7 nitrogen and oxygen atoms in total. The summed E-state index contributed by atoms with van der Waals surface area (Å²) in [5.41, 5.74) is 4.87. The van der Waals surface area contributed by atoms with Crippen molar-refractivity contribution in [2.24, 2.45) is 5.73 Å². The summed E-state index contributed by atoms with van der Waals surface area (Å²) in [6.07, 6.45) is 0.511. The van der Waals surface area contributed by atoms with Crippen molar-refractivity contribution in [2.75, 3.05) is 20.3 Å². The van der Waals surface area contributed by atoms with Crippen LogP contribution < -0.4 is 15.8 Å². The van der Waals surface area contributed by atoms with E-state index in [1.807, 2.05) is 58.0 Å². The average molecular weight is 415 g/mol. The van der Waals surface area contributed by atoms with E-state index in [0.29, 0.717) is 13.0 Å². The molecule has 1 amide bonds. The molecule has 2 atom stereocenters. The van der Waals surface area contributed by atoms with Gasteiger partial charge in [-0.2, -0.15) is 0 Å². The Bertz CT molecular complexity index is 602. The minimum atomic E-state index is -0.755. The maximum Gasteiger partial charge on any atom is 0.481 e. The zero-order valence-electron chi connectivity index (χ0n) is 17.3. The number of hydrogen-bond acceptors (Lipinski definition) is 6. The lowest BCUT2D eigenvalue weighted by Gasteiger charge is -2.32. The first-order valence-electron chi connectivity index (χ1n) is 9.24. The van der Waals surface area contributed by atoms with Crippen molar-refractivity contribution < 1.29 is 23.6 Å². The third-order valence-corrected chi connectivity index (χ3v) is 5.05. The lowest BCUT2D eigenvalue weighted by molar-refractivity contribution is -0.123. The molecule has 1 saturated heterocycles. The Morgan fingerprint density at radius 2 is 1.75 bits per heavy atom. The second-order valence-corrected chi connectivity index (χ2v) is 7.75. The highest BCUT2D eigenvalue weighted by Crippen LogP contribution is 2.37. The van der Waals surface area contributed by atoms with Crippen molar-refractivity contribution in [3.63, 3.8) is 0 Å². The molecule has 28 heavy (non-hydrogen) atoms. The zero-order valence-corrected chi connectivity index (χ0v) is 18.1. The van der Waals surface area contributed by atoms with E-state index >= 15 is 0 Å². The summed E-state index contributed by atoms with van der Waals surface area (Å²) < 4.78 is 22.9. The number of nitrogens with one attached hydrogen (secondary N) is 1. The standard InChI is InChI=1S/C19H31BN2O5.ClH/c1-18(2)19(3,4)27-20(26-18)16(22-17(23)15(21)13-24-5)11-12-25-14-9-7-6-8-10-14;/h6-10,15-16H,11-13,21H2,1-5H3,(H,22,23);1H/t15-,16+;/m1./s1. The minimum Gasteiger partial charge on any atom is -0.494 e. The van der Waals surface area contributed by atoms with Crippen LogP contribution in [-0.4, -0.2) is 56.5 Å². The van der Waals surface area contributed by atoms with Crippen LogP contribution in [0.25, 0.3) is 0 Å². The Hall–Kier alpha value is -1.32. The topological polar surface area (TPSA) is 92.0 Å². The number of carbonyl (C=O) groups is 1. The summed E-state index contributed by atoms with van der Waals surface area (Å²) in [5, 5.41) is 2.93. The molecule has 0 saturated carbocycles. The van der Waals surface area contributed by atoms with E-state index in [2.05, 4.69) is 5.32 Å². The largest absolute Gasteiger partial charge is 0.494 e. The average Bonchev–Trinajstić information content (AvgIpc) is 2.82. The van der Waals surface area contributed by atoms with Crippen LogP contribution in [0, 0.1) is 0 Å². The number of rotatable bonds is 9. The molecule has 1 aromatic carbocycles. The fraction of sp³-hybridized carbons (Fsp3) is 0.632. The number of methoxy groups -OCH3 is 1. The van der Waals surface area contributed by atoms with Gasteiger partial charge in [0.25, 0.3) is 0 Å². The number of hydrogen-bond donors (Lipinski definition) is 2. The number of amides is 1. The Morgan fingerprint density at radius 1 is 1.18 bits per heavy atom. The van der Waals surface area contributed by atoms with E-state index in [1.54, 1.807) is 0 Å². The fourth-order valence-electron chi connectivity index (χ4n) is 2.69. The monoisotopic (exact) mass is 414 g/mol. The normalized spacial score (nSPS) is 19.4. The van der Waals surface area contributed by atoms with Crippen molar-refractivity contribution >= 4 is 25.4 Å². The highest BCUT2D eigenvalue weighted by atomic mass is 35.5. The third kappa shape index (κ3) is 6.35. The molecule has 0 aromatic heterocycles. The van der Waals surface area contributed by atoms with Gasteiger partial charge in [0, 0.05) is 13.5 Å². The molecule has 158 valence electrons. The number of halogens is 1. The maximum absolute atomic E-state index is 12.4. The summed E-state index contributed by atoms with van der Waals surface area (Å²) >= 11 is 0. The van der Waals surface area contributed by atoms with Crippen molar-refractivity contribution in [2.45, 2.75) is 57.3 Å². The zero-order chi connectivity index (χ0) is 20.1. The van der Waals surface area contributed by atoms with E-state index in [1.165, 1.54) is 7.11 Å². The molecule has 0 bridgehead atoms. The van der Waals surface area contributed by atoms with Gasteiger partial charge in [0.15, 0.2) is 0 Å². The van der Waals surface area contributed by atoms with Crippen LogP contribution in [0.15, 0.2) is 30.3 Å². The Balaban J connectivity index is 0.00000392. The molecule has 0 unspecified atom stereocenters. The van der Waals surface area contributed by atoms with Gasteiger partial charge in [-0.3, -0.25) is 4.79 Å². The predicted molar refractivity (Wildman–Crippen MR) is 112 cm³/mol. The molecule has 1 aliphatic rings. The van der Waals surface area contributed by atoms with Crippen LogP contribution in [0.5, 0.6) is 5.75 Å². The summed E-state index contributed by atoms with van der Waals surface area (Å²) in [4.78, 5) is 12.4. The molecule has 0 radical (unpaired) electrons. The number of benzene rings is 1. The van der Waals surface area contributed by atoms with Crippen molar-refractivity contribution in [1.82, 2.24) is 5.32 Å². The number of ether oxygens (including phenoxy) is 2. The van der Waals surface area contributed by atoms with Crippen molar-refractivity contribution in [3.05, 3.63) is 30.3 Å². The minimum absolute atomic E-state index is 0. The maximum atomic E-state index is 12.4. The molecular formula is C19H32BClN2O5. The second-order valence-electron chi connectivity index (χ2n) is 7.75. The van der Waals surface area contributed by atoms with E-state index in [0.717, 1.165) is 5.75 Å². The van der Waals surface area contributed by atoms with Crippen LogP contribution in [-0.2, 0) is 18.8 Å². The van der Waals surface area contributed by atoms with Gasteiger partial charge in [-0.05, 0) is 39.8 Å². The lowest BCUT2D eigenvalue weighted by Crippen LogP contribution is -2.54. The van der Waals surface area contributed by atoms with Crippen LogP contribution in [0.3, 0.4) is 0 Å². The number of nitrogens with two attached hydrogens (primary N) is 1. The summed E-state index contributed by atoms with van der Waals surface area (Å²) in [5.74, 6) is 0.0639. The number of para-hydroxylation sites is 1. The molecule has 0 aliphatic carbocycles. The Kier molecular flexibility index (Phi) is 9.23. The van der Waals surface area contributed by atoms with E-state index in [4.69, 9.17) is 24.5 Å². The van der Waals surface area contributed by atoms with Crippen molar-refractivity contribution in [3.8, 4) is 5.75 Å². The Morgan fingerprint density at radius 3 is 2.29 bits per heavy atom.